The van der Waals surface area contributed by atoms with E-state index in [2.05, 4.69) is 49.0 Å². The molecule has 1 unspecified atom stereocenters. The van der Waals surface area contributed by atoms with Gasteiger partial charge in [-0.3, -0.25) is 9.89 Å². The quantitative estimate of drug-likeness (QED) is 0.321. The topological polar surface area (TPSA) is 65.3 Å². The molecular formula is C22H34IN5O2S. The molecule has 2 aliphatic rings. The maximum absolute atomic E-state index is 5.97. The van der Waals surface area contributed by atoms with Crippen molar-refractivity contribution in [3.63, 3.8) is 0 Å². The molecule has 0 saturated carbocycles. The molecule has 2 aromatic heterocycles. The first-order valence-electron chi connectivity index (χ1n) is 10.9. The van der Waals surface area contributed by atoms with Crippen LogP contribution >= 0.6 is 35.3 Å². The highest BCUT2D eigenvalue weighted by atomic mass is 127. The van der Waals surface area contributed by atoms with Crippen molar-refractivity contribution < 1.29 is 9.15 Å². The zero-order chi connectivity index (χ0) is 20.8. The highest BCUT2D eigenvalue weighted by molar-refractivity contribution is 14.0. The number of nitrogens with zero attached hydrogens (tertiary/aromatic N) is 3. The predicted molar refractivity (Wildman–Crippen MR) is 138 cm³/mol. The van der Waals surface area contributed by atoms with Gasteiger partial charge in [0.15, 0.2) is 5.96 Å². The molecule has 2 saturated heterocycles. The number of piperidine rings is 1. The number of rotatable bonds is 6. The Morgan fingerprint density at radius 3 is 2.58 bits per heavy atom. The van der Waals surface area contributed by atoms with Crippen molar-refractivity contribution in [1.82, 2.24) is 15.5 Å². The van der Waals surface area contributed by atoms with Crippen LogP contribution in [0.1, 0.15) is 30.4 Å². The fourth-order valence-corrected chi connectivity index (χ4v) is 4.99. The molecule has 4 rings (SSSR count). The average molecular weight is 560 g/mol. The summed E-state index contributed by atoms with van der Waals surface area (Å²) in [7, 11) is 1.84. The summed E-state index contributed by atoms with van der Waals surface area (Å²) in [4.78, 5) is 9.39. The van der Waals surface area contributed by atoms with Crippen LogP contribution in [0.4, 0.5) is 5.00 Å². The van der Waals surface area contributed by atoms with E-state index in [0.717, 1.165) is 76.3 Å². The van der Waals surface area contributed by atoms with Gasteiger partial charge >= 0.3 is 0 Å². The molecule has 1 atom stereocenters. The largest absolute Gasteiger partial charge is 0.465 e. The number of hydrogen-bond donors (Lipinski definition) is 2. The fraction of sp³-hybridized carbons (Fsp3) is 0.591. The maximum Gasteiger partial charge on any atom is 0.191 e. The van der Waals surface area contributed by atoms with E-state index in [0.29, 0.717) is 6.04 Å². The fourth-order valence-electron chi connectivity index (χ4n) is 4.21. The molecular weight excluding hydrogens is 525 g/mol. The number of guanidine groups is 1. The van der Waals surface area contributed by atoms with E-state index < -0.39 is 0 Å². The number of hydrogen-bond acceptors (Lipinski definition) is 6. The SMILES string of the molecule is CN=C(NCC(c1ccc(C)o1)N1CCOCC1)NC1CCN(c2cccs2)CC1.I. The van der Waals surface area contributed by atoms with Gasteiger partial charge in [-0.2, -0.15) is 0 Å². The number of aliphatic imine (C=N–C) groups is 1. The van der Waals surface area contributed by atoms with Gasteiger partial charge in [-0.05, 0) is 49.4 Å². The van der Waals surface area contributed by atoms with Gasteiger partial charge < -0.3 is 24.7 Å². The first-order chi connectivity index (χ1) is 14.7. The Bertz CT molecular complexity index is 799. The third-order valence-electron chi connectivity index (χ3n) is 5.92. The summed E-state index contributed by atoms with van der Waals surface area (Å²) in [6.45, 7) is 8.28. The molecule has 0 amide bonds. The lowest BCUT2D eigenvalue weighted by atomic mass is 10.1. The highest BCUT2D eigenvalue weighted by Gasteiger charge is 2.26. The van der Waals surface area contributed by atoms with Crippen LogP contribution in [-0.4, -0.2) is 69.9 Å². The predicted octanol–water partition coefficient (Wildman–Crippen LogP) is 3.47. The third-order valence-corrected chi connectivity index (χ3v) is 6.85. The number of anilines is 1. The van der Waals surface area contributed by atoms with Crippen molar-refractivity contribution in [3.05, 3.63) is 41.2 Å². The Morgan fingerprint density at radius 2 is 1.97 bits per heavy atom. The number of aryl methyl sites for hydroxylation is 1. The van der Waals surface area contributed by atoms with Crippen LogP contribution < -0.4 is 15.5 Å². The highest BCUT2D eigenvalue weighted by Crippen LogP contribution is 2.25. The van der Waals surface area contributed by atoms with E-state index in [1.165, 1.54) is 5.00 Å². The molecule has 9 heteroatoms. The first-order valence-corrected chi connectivity index (χ1v) is 11.7. The van der Waals surface area contributed by atoms with Crippen molar-refractivity contribution in [2.24, 2.45) is 4.99 Å². The number of nitrogens with one attached hydrogen (secondary N) is 2. The summed E-state index contributed by atoms with van der Waals surface area (Å²) in [5.74, 6) is 2.82. The minimum absolute atomic E-state index is 0. The number of morpholine rings is 1. The minimum Gasteiger partial charge on any atom is -0.465 e. The normalized spacial score (nSPS) is 19.7. The van der Waals surface area contributed by atoms with Crippen LogP contribution in [0, 0.1) is 6.92 Å². The number of furan rings is 1. The summed E-state index contributed by atoms with van der Waals surface area (Å²) in [6, 6.07) is 9.08. The lowest BCUT2D eigenvalue weighted by Gasteiger charge is -2.35. The van der Waals surface area contributed by atoms with Crippen molar-refractivity contribution in [2.45, 2.75) is 31.8 Å². The van der Waals surface area contributed by atoms with Crippen molar-refractivity contribution in [3.8, 4) is 0 Å². The summed E-state index contributed by atoms with van der Waals surface area (Å²) in [5.41, 5.74) is 0. The Labute approximate surface area is 206 Å². The molecule has 0 spiro atoms. The zero-order valence-corrected chi connectivity index (χ0v) is 21.5. The molecule has 0 radical (unpaired) electrons. The second-order valence-electron chi connectivity index (χ2n) is 7.92. The summed E-state index contributed by atoms with van der Waals surface area (Å²) >= 11 is 1.82. The van der Waals surface area contributed by atoms with Gasteiger partial charge in [-0.15, -0.1) is 35.3 Å². The van der Waals surface area contributed by atoms with E-state index in [4.69, 9.17) is 9.15 Å². The smallest absolute Gasteiger partial charge is 0.191 e. The van der Waals surface area contributed by atoms with Gasteiger partial charge in [0.2, 0.25) is 0 Å². The lowest BCUT2D eigenvalue weighted by molar-refractivity contribution is 0.0124. The Morgan fingerprint density at radius 1 is 1.19 bits per heavy atom. The van der Waals surface area contributed by atoms with Gasteiger partial charge in [0.05, 0.1) is 24.3 Å². The van der Waals surface area contributed by atoms with Gasteiger partial charge in [0.1, 0.15) is 11.5 Å². The lowest BCUT2D eigenvalue weighted by Crippen LogP contribution is -2.50. The maximum atomic E-state index is 5.97. The summed E-state index contributed by atoms with van der Waals surface area (Å²) in [5, 5.41) is 10.7. The molecule has 0 aliphatic carbocycles. The molecule has 0 bridgehead atoms. The Hall–Kier alpha value is -1.30. The number of halogens is 1. The summed E-state index contributed by atoms with van der Waals surface area (Å²) < 4.78 is 11.5. The number of ether oxygens (including phenoxy) is 1. The van der Waals surface area contributed by atoms with Crippen LogP contribution in [0.25, 0.3) is 0 Å². The Kier molecular flexibility index (Phi) is 9.48. The van der Waals surface area contributed by atoms with Crippen LogP contribution in [0.5, 0.6) is 0 Å². The van der Waals surface area contributed by atoms with Gasteiger partial charge in [-0.25, -0.2) is 0 Å². The van der Waals surface area contributed by atoms with Crippen molar-refractivity contribution in [1.29, 1.82) is 0 Å². The van der Waals surface area contributed by atoms with Crippen LogP contribution in [0.3, 0.4) is 0 Å². The molecule has 2 aliphatic heterocycles. The molecule has 7 nitrogen and oxygen atoms in total. The van der Waals surface area contributed by atoms with Gasteiger partial charge in [-0.1, -0.05) is 0 Å². The zero-order valence-electron chi connectivity index (χ0n) is 18.4. The van der Waals surface area contributed by atoms with Crippen molar-refractivity contribution >= 4 is 46.3 Å². The van der Waals surface area contributed by atoms with E-state index in [9.17, 15) is 0 Å². The third kappa shape index (κ3) is 6.59. The molecule has 2 aromatic rings. The van der Waals surface area contributed by atoms with Gasteiger partial charge in [0.25, 0.3) is 0 Å². The number of thiophene rings is 1. The Balaban J connectivity index is 0.00000272. The molecule has 31 heavy (non-hydrogen) atoms. The molecule has 2 fully saturated rings. The molecule has 172 valence electrons. The second-order valence-corrected chi connectivity index (χ2v) is 8.85. The van der Waals surface area contributed by atoms with E-state index in [1.54, 1.807) is 0 Å². The minimum atomic E-state index is 0. The second kappa shape index (κ2) is 12.1. The molecule has 4 heterocycles. The van der Waals surface area contributed by atoms with E-state index in [1.807, 2.05) is 31.4 Å². The van der Waals surface area contributed by atoms with E-state index >= 15 is 0 Å². The molecule has 0 aromatic carbocycles. The standard InChI is InChI=1S/C22H33N5O2S.HI/c1-17-5-6-20(29-17)19(26-11-13-28-14-12-26)16-24-22(23-2)25-18-7-9-27(10-8-18)21-4-3-15-30-21;/h3-6,15,18-19H,7-14,16H2,1-2H3,(H2,23,24,25);1H. The van der Waals surface area contributed by atoms with Crippen LogP contribution in [0.2, 0.25) is 0 Å². The summed E-state index contributed by atoms with van der Waals surface area (Å²) in [6.07, 6.45) is 2.23. The first kappa shape index (κ1) is 24.3. The van der Waals surface area contributed by atoms with Crippen LogP contribution in [-0.2, 0) is 4.74 Å². The van der Waals surface area contributed by atoms with Gasteiger partial charge in [0, 0.05) is 45.8 Å². The molecule has 2 N–H and O–H groups in total. The van der Waals surface area contributed by atoms with E-state index in [-0.39, 0.29) is 30.0 Å². The monoisotopic (exact) mass is 559 g/mol. The van der Waals surface area contributed by atoms with Crippen molar-refractivity contribution in [2.75, 3.05) is 57.9 Å². The van der Waals surface area contributed by atoms with Crippen LogP contribution in [0.15, 0.2) is 39.1 Å². The average Bonchev–Trinajstić information content (AvgIpc) is 3.47.